The second kappa shape index (κ2) is 7.95. The summed E-state index contributed by atoms with van der Waals surface area (Å²) in [5.41, 5.74) is -0.187. The molecule has 150 valence electrons. The molecule has 0 aromatic heterocycles. The maximum atomic E-state index is 12.7. The first-order valence-electron chi connectivity index (χ1n) is 8.52. The van der Waals surface area contributed by atoms with Gasteiger partial charge in [0.1, 0.15) is 0 Å². The number of rotatable bonds is 6. The SMILES string of the molecule is O=[N+]([O-])c1ccc(S(=O)(=O)N2CCC(NS(=O)(=O)c3ccccc3)CC2)cc1. The van der Waals surface area contributed by atoms with Gasteiger partial charge >= 0.3 is 0 Å². The van der Waals surface area contributed by atoms with E-state index in [2.05, 4.69) is 4.72 Å². The van der Waals surface area contributed by atoms with Crippen molar-refractivity contribution in [1.82, 2.24) is 9.03 Å². The van der Waals surface area contributed by atoms with Crippen molar-refractivity contribution in [1.29, 1.82) is 0 Å². The minimum Gasteiger partial charge on any atom is -0.258 e. The normalized spacial score (nSPS) is 16.7. The summed E-state index contributed by atoms with van der Waals surface area (Å²) in [6, 6.07) is 12.3. The highest BCUT2D eigenvalue weighted by atomic mass is 32.2. The Morgan fingerprint density at radius 1 is 0.893 bits per heavy atom. The average molecular weight is 425 g/mol. The van der Waals surface area contributed by atoms with Crippen LogP contribution in [0.3, 0.4) is 0 Å². The number of piperidine rings is 1. The Hall–Kier alpha value is -2.34. The molecule has 28 heavy (non-hydrogen) atoms. The molecule has 0 aliphatic carbocycles. The van der Waals surface area contributed by atoms with E-state index < -0.39 is 25.0 Å². The molecule has 1 heterocycles. The van der Waals surface area contributed by atoms with E-state index >= 15 is 0 Å². The van der Waals surface area contributed by atoms with Crippen molar-refractivity contribution >= 4 is 25.7 Å². The summed E-state index contributed by atoms with van der Waals surface area (Å²) in [5.74, 6) is 0. The molecule has 0 atom stereocenters. The molecule has 0 bridgehead atoms. The van der Waals surface area contributed by atoms with E-state index in [1.807, 2.05) is 0 Å². The molecule has 0 radical (unpaired) electrons. The van der Waals surface area contributed by atoms with Gasteiger partial charge in [-0.2, -0.15) is 4.31 Å². The van der Waals surface area contributed by atoms with E-state index in [9.17, 15) is 26.9 Å². The number of benzene rings is 2. The second-order valence-electron chi connectivity index (χ2n) is 6.36. The highest BCUT2D eigenvalue weighted by Crippen LogP contribution is 2.23. The molecule has 1 aliphatic rings. The minimum absolute atomic E-state index is 0.0265. The van der Waals surface area contributed by atoms with Gasteiger partial charge in [0.2, 0.25) is 20.0 Å². The third kappa shape index (κ3) is 4.38. The zero-order chi connectivity index (χ0) is 20.4. The number of nitro benzene ring substituents is 1. The van der Waals surface area contributed by atoms with Crippen LogP contribution in [-0.4, -0.2) is 45.2 Å². The summed E-state index contributed by atoms with van der Waals surface area (Å²) < 4.78 is 54.1. The number of nitrogens with zero attached hydrogens (tertiary/aromatic N) is 2. The summed E-state index contributed by atoms with van der Waals surface area (Å²) in [7, 11) is -7.45. The molecule has 0 unspecified atom stereocenters. The summed E-state index contributed by atoms with van der Waals surface area (Å²) in [4.78, 5) is 10.2. The molecule has 1 aliphatic heterocycles. The summed E-state index contributed by atoms with van der Waals surface area (Å²) in [6.45, 7) is 0.308. The summed E-state index contributed by atoms with van der Waals surface area (Å²) in [5, 5.41) is 10.7. The Morgan fingerprint density at radius 2 is 1.46 bits per heavy atom. The van der Waals surface area contributed by atoms with Crippen molar-refractivity contribution in [3.63, 3.8) is 0 Å². The first-order chi connectivity index (χ1) is 13.2. The van der Waals surface area contributed by atoms with Gasteiger partial charge in [-0.15, -0.1) is 0 Å². The lowest BCUT2D eigenvalue weighted by atomic mass is 10.1. The predicted molar refractivity (Wildman–Crippen MR) is 102 cm³/mol. The maximum absolute atomic E-state index is 12.7. The fourth-order valence-corrected chi connectivity index (χ4v) is 5.79. The topological polar surface area (TPSA) is 127 Å². The van der Waals surface area contributed by atoms with E-state index in [1.165, 1.54) is 28.6 Å². The molecule has 2 aromatic carbocycles. The number of non-ortho nitro benzene ring substituents is 1. The predicted octanol–water partition coefficient (Wildman–Crippen LogP) is 1.73. The molecule has 3 rings (SSSR count). The van der Waals surface area contributed by atoms with Crippen LogP contribution in [0.15, 0.2) is 64.4 Å². The minimum atomic E-state index is -3.79. The summed E-state index contributed by atoms with van der Waals surface area (Å²) in [6.07, 6.45) is 0.663. The van der Waals surface area contributed by atoms with Gasteiger partial charge < -0.3 is 0 Å². The largest absolute Gasteiger partial charge is 0.269 e. The van der Waals surface area contributed by atoms with Gasteiger partial charge in [-0.05, 0) is 37.1 Å². The lowest BCUT2D eigenvalue weighted by Crippen LogP contribution is -2.46. The van der Waals surface area contributed by atoms with Crippen LogP contribution < -0.4 is 4.72 Å². The van der Waals surface area contributed by atoms with Crippen molar-refractivity contribution in [3.8, 4) is 0 Å². The van der Waals surface area contributed by atoms with Crippen LogP contribution in [0.1, 0.15) is 12.8 Å². The molecule has 9 nitrogen and oxygen atoms in total. The van der Waals surface area contributed by atoms with E-state index in [1.54, 1.807) is 18.2 Å². The third-order valence-corrected chi connectivity index (χ3v) is 7.96. The van der Waals surface area contributed by atoms with Crippen molar-refractivity contribution in [3.05, 3.63) is 64.7 Å². The maximum Gasteiger partial charge on any atom is 0.269 e. The van der Waals surface area contributed by atoms with Gasteiger partial charge in [0.05, 0.1) is 14.7 Å². The van der Waals surface area contributed by atoms with Crippen molar-refractivity contribution in [2.45, 2.75) is 28.7 Å². The van der Waals surface area contributed by atoms with Gasteiger partial charge in [0.25, 0.3) is 5.69 Å². The average Bonchev–Trinajstić information content (AvgIpc) is 2.69. The molecule has 1 saturated heterocycles. The van der Waals surface area contributed by atoms with Gasteiger partial charge in [-0.3, -0.25) is 10.1 Å². The molecule has 0 saturated carbocycles. The first-order valence-corrected chi connectivity index (χ1v) is 11.4. The van der Waals surface area contributed by atoms with Crippen LogP contribution in [0, 0.1) is 10.1 Å². The van der Waals surface area contributed by atoms with Crippen molar-refractivity contribution in [2.24, 2.45) is 0 Å². The molecule has 2 aromatic rings. The van der Waals surface area contributed by atoms with Crippen LogP contribution in [0.2, 0.25) is 0 Å². The van der Waals surface area contributed by atoms with Crippen molar-refractivity contribution < 1.29 is 21.8 Å². The smallest absolute Gasteiger partial charge is 0.258 e. The van der Waals surface area contributed by atoms with E-state index in [4.69, 9.17) is 0 Å². The van der Waals surface area contributed by atoms with Gasteiger partial charge in [0, 0.05) is 31.3 Å². The van der Waals surface area contributed by atoms with Gasteiger partial charge in [-0.1, -0.05) is 18.2 Å². The van der Waals surface area contributed by atoms with E-state index in [0.717, 1.165) is 12.1 Å². The van der Waals surface area contributed by atoms with Crippen LogP contribution in [-0.2, 0) is 20.0 Å². The molecule has 1 fully saturated rings. The highest BCUT2D eigenvalue weighted by molar-refractivity contribution is 7.89. The lowest BCUT2D eigenvalue weighted by Gasteiger charge is -2.31. The fourth-order valence-electron chi connectivity index (χ4n) is 2.99. The molecular formula is C17H19N3O6S2. The van der Waals surface area contributed by atoms with E-state index in [0.29, 0.717) is 12.8 Å². The Kier molecular flexibility index (Phi) is 5.79. The number of nitro groups is 1. The molecule has 1 N–H and O–H groups in total. The van der Waals surface area contributed by atoms with Gasteiger partial charge in [0.15, 0.2) is 0 Å². The lowest BCUT2D eigenvalue weighted by molar-refractivity contribution is -0.384. The monoisotopic (exact) mass is 425 g/mol. The number of nitrogens with one attached hydrogen (secondary N) is 1. The molecule has 0 amide bonds. The fraction of sp³-hybridized carbons (Fsp3) is 0.294. The second-order valence-corrected chi connectivity index (χ2v) is 10.0. The first kappa shape index (κ1) is 20.4. The number of hydrogen-bond donors (Lipinski definition) is 1. The molecular weight excluding hydrogens is 406 g/mol. The number of hydrogen-bond acceptors (Lipinski definition) is 6. The van der Waals surface area contributed by atoms with Crippen LogP contribution >= 0.6 is 0 Å². The Labute approximate surface area is 163 Å². The molecule has 0 spiro atoms. The van der Waals surface area contributed by atoms with Crippen molar-refractivity contribution in [2.75, 3.05) is 13.1 Å². The Morgan fingerprint density at radius 3 is 2.00 bits per heavy atom. The quantitative estimate of drug-likeness (QED) is 0.555. The van der Waals surface area contributed by atoms with Gasteiger partial charge in [-0.25, -0.2) is 21.6 Å². The van der Waals surface area contributed by atoms with Crippen LogP contribution in [0.4, 0.5) is 5.69 Å². The highest BCUT2D eigenvalue weighted by Gasteiger charge is 2.31. The van der Waals surface area contributed by atoms with Crippen LogP contribution in [0.25, 0.3) is 0 Å². The standard InChI is InChI=1S/C17H19N3O6S2/c21-20(22)15-6-8-17(9-7-15)28(25,26)19-12-10-14(11-13-19)18-27(23,24)16-4-2-1-3-5-16/h1-9,14,18H,10-13H2. The zero-order valence-corrected chi connectivity index (χ0v) is 16.4. The summed E-state index contributed by atoms with van der Waals surface area (Å²) >= 11 is 0. The third-order valence-electron chi connectivity index (χ3n) is 4.51. The zero-order valence-electron chi connectivity index (χ0n) is 14.8. The number of sulfonamides is 2. The molecule has 11 heteroatoms. The van der Waals surface area contributed by atoms with E-state index in [-0.39, 0.29) is 34.6 Å². The Bertz CT molecular complexity index is 1050. The Balaban J connectivity index is 1.65. The van der Waals surface area contributed by atoms with Crippen LogP contribution in [0.5, 0.6) is 0 Å².